The van der Waals surface area contributed by atoms with Gasteiger partial charge in [-0.15, -0.1) is 11.8 Å². The summed E-state index contributed by atoms with van der Waals surface area (Å²) in [4.78, 5) is 26.4. The Labute approximate surface area is 205 Å². The number of halogens is 1. The predicted molar refractivity (Wildman–Crippen MR) is 139 cm³/mol. The van der Waals surface area contributed by atoms with Gasteiger partial charge < -0.3 is 5.11 Å². The normalized spacial score (nSPS) is 11.3. The molecular weight excluding hydrogens is 470 g/mol. The maximum Gasteiger partial charge on any atom is 0.265 e. The number of aromatic nitrogens is 1. The molecule has 0 radical (unpaired) electrons. The number of carbonyl (C=O) groups excluding carboxylic acids is 1. The Morgan fingerprint density at radius 3 is 2.47 bits per heavy atom. The molecule has 1 heterocycles. The lowest BCUT2D eigenvalue weighted by Crippen LogP contribution is -2.21. The molecule has 0 spiro atoms. The summed E-state index contributed by atoms with van der Waals surface area (Å²) in [7, 11) is 0. The molecule has 4 rings (SSSR count). The first-order valence-electron chi connectivity index (χ1n) is 10.5. The van der Waals surface area contributed by atoms with Crippen LogP contribution in [0, 0.1) is 13.8 Å². The molecule has 2 N–H and O–H groups in total. The molecule has 1 aromatic heterocycles. The van der Waals surface area contributed by atoms with Gasteiger partial charge in [0.25, 0.3) is 5.56 Å². The summed E-state index contributed by atoms with van der Waals surface area (Å²) >= 11 is 7.23. The van der Waals surface area contributed by atoms with E-state index in [4.69, 9.17) is 11.6 Å². The van der Waals surface area contributed by atoms with E-state index < -0.39 is 0 Å². The van der Waals surface area contributed by atoms with Crippen LogP contribution in [0.4, 0.5) is 0 Å². The Hall–Kier alpha value is -3.55. The maximum atomic E-state index is 13.2. The second kappa shape index (κ2) is 10.2. The molecule has 3 aromatic carbocycles. The zero-order valence-electron chi connectivity index (χ0n) is 18.6. The third kappa shape index (κ3) is 5.00. The van der Waals surface area contributed by atoms with Gasteiger partial charge in [0.15, 0.2) is 0 Å². The number of nitrogens with zero attached hydrogens (tertiary/aromatic N) is 2. The third-order valence-corrected chi connectivity index (χ3v) is 6.68. The van der Waals surface area contributed by atoms with Crippen molar-refractivity contribution in [2.45, 2.75) is 18.7 Å². The molecule has 172 valence electrons. The van der Waals surface area contributed by atoms with E-state index in [2.05, 4.69) is 10.5 Å². The van der Waals surface area contributed by atoms with Crippen molar-refractivity contribution in [3.05, 3.63) is 98.8 Å². The van der Waals surface area contributed by atoms with E-state index >= 15 is 0 Å². The van der Waals surface area contributed by atoms with E-state index in [0.29, 0.717) is 27.0 Å². The van der Waals surface area contributed by atoms with Crippen molar-refractivity contribution < 1.29 is 9.90 Å². The van der Waals surface area contributed by atoms with E-state index in [1.807, 2.05) is 38.1 Å². The van der Waals surface area contributed by atoms with Gasteiger partial charge in [-0.2, -0.15) is 5.10 Å². The number of aromatic hydroxyl groups is 1. The lowest BCUT2D eigenvalue weighted by Gasteiger charge is -2.14. The Morgan fingerprint density at radius 2 is 1.76 bits per heavy atom. The predicted octanol–water partition coefficient (Wildman–Crippen LogP) is 5.21. The number of nitrogens with one attached hydrogen (secondary N) is 1. The standard InChI is InChI=1S/C26H22ClN3O3S/c1-16-7-10-19(13-17(16)2)30-25(32)22-6-4-3-5-21(22)23(26(30)33)14-28-29-24(31)15-34-20-11-8-18(27)9-12-20/h3-14,33H,15H2,1-2H3,(H,29,31)/b28-14+. The van der Waals surface area contributed by atoms with Gasteiger partial charge in [-0.05, 0) is 67.4 Å². The number of thioether (sulfide) groups is 1. The molecule has 0 fully saturated rings. The Kier molecular flexibility index (Phi) is 7.05. The molecule has 34 heavy (non-hydrogen) atoms. The highest BCUT2D eigenvalue weighted by Gasteiger charge is 2.16. The zero-order valence-corrected chi connectivity index (χ0v) is 20.2. The fourth-order valence-electron chi connectivity index (χ4n) is 3.47. The minimum atomic E-state index is -0.336. The molecule has 0 aliphatic carbocycles. The Bertz CT molecular complexity index is 1460. The monoisotopic (exact) mass is 491 g/mol. The Morgan fingerprint density at radius 1 is 1.06 bits per heavy atom. The first-order chi connectivity index (χ1) is 16.3. The van der Waals surface area contributed by atoms with Crippen LogP contribution in [0.15, 0.2) is 81.5 Å². The lowest BCUT2D eigenvalue weighted by atomic mass is 10.1. The molecule has 0 saturated heterocycles. The molecule has 0 bridgehead atoms. The van der Waals surface area contributed by atoms with Crippen LogP contribution in [0.25, 0.3) is 16.5 Å². The largest absolute Gasteiger partial charge is 0.494 e. The quantitative estimate of drug-likeness (QED) is 0.220. The number of aryl methyl sites for hydroxylation is 2. The van der Waals surface area contributed by atoms with E-state index in [-0.39, 0.29) is 23.1 Å². The number of hydrogen-bond acceptors (Lipinski definition) is 5. The first-order valence-corrected chi connectivity index (χ1v) is 11.9. The van der Waals surface area contributed by atoms with Crippen LogP contribution in [0.3, 0.4) is 0 Å². The van der Waals surface area contributed by atoms with Crippen molar-refractivity contribution in [2.75, 3.05) is 5.75 Å². The molecule has 0 aliphatic rings. The van der Waals surface area contributed by atoms with E-state index in [0.717, 1.165) is 16.0 Å². The van der Waals surface area contributed by atoms with Crippen molar-refractivity contribution in [3.8, 4) is 11.6 Å². The number of rotatable bonds is 6. The number of pyridine rings is 1. The minimum Gasteiger partial charge on any atom is -0.494 e. The number of fused-ring (bicyclic) bond motifs is 1. The summed E-state index contributed by atoms with van der Waals surface area (Å²) in [5.74, 6) is -0.392. The maximum absolute atomic E-state index is 13.2. The number of carbonyl (C=O) groups is 1. The van der Waals surface area contributed by atoms with Crippen molar-refractivity contribution in [1.29, 1.82) is 0 Å². The van der Waals surface area contributed by atoms with Crippen LogP contribution in [-0.4, -0.2) is 27.5 Å². The number of benzene rings is 3. The van der Waals surface area contributed by atoms with Gasteiger partial charge in [-0.25, -0.2) is 9.99 Å². The van der Waals surface area contributed by atoms with Crippen LogP contribution >= 0.6 is 23.4 Å². The van der Waals surface area contributed by atoms with Gasteiger partial charge >= 0.3 is 0 Å². The molecule has 0 aliphatic heterocycles. The van der Waals surface area contributed by atoms with Crippen molar-refractivity contribution in [1.82, 2.24) is 9.99 Å². The first kappa shape index (κ1) is 23.6. The lowest BCUT2D eigenvalue weighted by molar-refractivity contribution is -0.118. The minimum absolute atomic E-state index is 0.161. The molecule has 1 amide bonds. The van der Waals surface area contributed by atoms with Gasteiger partial charge in [0.2, 0.25) is 11.8 Å². The van der Waals surface area contributed by atoms with E-state index in [1.54, 1.807) is 42.5 Å². The molecule has 0 unspecified atom stereocenters. The van der Waals surface area contributed by atoms with Gasteiger partial charge in [-0.1, -0.05) is 35.9 Å². The topological polar surface area (TPSA) is 83.7 Å². The average molecular weight is 492 g/mol. The van der Waals surface area contributed by atoms with E-state index in [9.17, 15) is 14.7 Å². The molecule has 4 aromatic rings. The fraction of sp³-hybridized carbons (Fsp3) is 0.115. The van der Waals surface area contributed by atoms with Crippen LogP contribution in [-0.2, 0) is 4.79 Å². The van der Waals surface area contributed by atoms with E-state index in [1.165, 1.54) is 22.5 Å². The number of hydrazone groups is 1. The highest BCUT2D eigenvalue weighted by molar-refractivity contribution is 8.00. The SMILES string of the molecule is Cc1ccc(-n2c(O)c(/C=N/NC(=O)CSc3ccc(Cl)cc3)c3ccccc3c2=O)cc1C. The van der Waals surface area contributed by atoms with Crippen molar-refractivity contribution >= 4 is 46.3 Å². The van der Waals surface area contributed by atoms with Gasteiger partial charge in [0, 0.05) is 20.7 Å². The Balaban J connectivity index is 1.63. The smallest absolute Gasteiger partial charge is 0.265 e. The number of amides is 1. The number of hydrogen-bond donors (Lipinski definition) is 2. The highest BCUT2D eigenvalue weighted by Crippen LogP contribution is 2.26. The molecule has 6 nitrogen and oxygen atoms in total. The van der Waals surface area contributed by atoms with Crippen LogP contribution < -0.4 is 11.0 Å². The van der Waals surface area contributed by atoms with Crippen molar-refractivity contribution in [3.63, 3.8) is 0 Å². The summed E-state index contributed by atoms with van der Waals surface area (Å²) in [5, 5.41) is 16.7. The molecular formula is C26H22ClN3O3S. The second-order valence-electron chi connectivity index (χ2n) is 7.73. The summed E-state index contributed by atoms with van der Waals surface area (Å²) < 4.78 is 1.26. The van der Waals surface area contributed by atoms with Gasteiger partial charge in [0.1, 0.15) is 0 Å². The van der Waals surface area contributed by atoms with Crippen LogP contribution in [0.2, 0.25) is 5.02 Å². The highest BCUT2D eigenvalue weighted by atomic mass is 35.5. The summed E-state index contributed by atoms with van der Waals surface area (Å²) in [6.07, 6.45) is 1.36. The third-order valence-electron chi connectivity index (χ3n) is 5.42. The van der Waals surface area contributed by atoms with Crippen LogP contribution in [0.5, 0.6) is 5.88 Å². The zero-order chi connectivity index (χ0) is 24.2. The summed E-state index contributed by atoms with van der Waals surface area (Å²) in [5.41, 5.74) is 5.11. The summed E-state index contributed by atoms with van der Waals surface area (Å²) in [6.45, 7) is 3.93. The summed E-state index contributed by atoms with van der Waals surface area (Å²) in [6, 6.07) is 19.7. The van der Waals surface area contributed by atoms with Gasteiger partial charge in [-0.3, -0.25) is 9.59 Å². The molecule has 0 atom stereocenters. The molecule has 8 heteroatoms. The molecule has 0 saturated carbocycles. The van der Waals surface area contributed by atoms with Crippen molar-refractivity contribution in [2.24, 2.45) is 5.10 Å². The fourth-order valence-corrected chi connectivity index (χ4v) is 4.29. The average Bonchev–Trinajstić information content (AvgIpc) is 2.83. The second-order valence-corrected chi connectivity index (χ2v) is 9.21. The van der Waals surface area contributed by atoms with Crippen LogP contribution in [0.1, 0.15) is 16.7 Å². The van der Waals surface area contributed by atoms with Gasteiger partial charge in [0.05, 0.1) is 23.2 Å².